The van der Waals surface area contributed by atoms with Gasteiger partial charge in [-0.15, -0.1) is 0 Å². The van der Waals surface area contributed by atoms with Gasteiger partial charge in [-0.05, 0) is 31.9 Å². The van der Waals surface area contributed by atoms with Gasteiger partial charge in [-0.3, -0.25) is 4.79 Å². The summed E-state index contributed by atoms with van der Waals surface area (Å²) < 4.78 is 26.6. The first kappa shape index (κ1) is 14.2. The molecule has 2 rings (SSSR count). The predicted octanol–water partition coefficient (Wildman–Crippen LogP) is 2.45. The lowest BCUT2D eigenvalue weighted by molar-refractivity contribution is 0.101. The molecule has 0 unspecified atom stereocenters. The van der Waals surface area contributed by atoms with Gasteiger partial charge in [0, 0.05) is 18.7 Å². The van der Waals surface area contributed by atoms with E-state index >= 15 is 0 Å². The van der Waals surface area contributed by atoms with Crippen LogP contribution in [0.15, 0.2) is 29.2 Å². The highest BCUT2D eigenvalue weighted by atomic mass is 32.2. The van der Waals surface area contributed by atoms with Crippen molar-refractivity contribution in [1.29, 1.82) is 0 Å². The molecule has 0 aliphatic carbocycles. The highest BCUT2D eigenvalue weighted by molar-refractivity contribution is 7.89. The van der Waals surface area contributed by atoms with E-state index in [1.165, 1.54) is 13.0 Å². The first-order chi connectivity index (χ1) is 9.01. The lowest BCUT2D eigenvalue weighted by Crippen LogP contribution is -2.32. The summed E-state index contributed by atoms with van der Waals surface area (Å²) in [4.78, 5) is 11.6. The van der Waals surface area contributed by atoms with Crippen LogP contribution < -0.4 is 0 Å². The Hall–Kier alpha value is -1.20. The van der Waals surface area contributed by atoms with Crippen molar-refractivity contribution in [2.75, 3.05) is 13.1 Å². The number of ketones is 1. The topological polar surface area (TPSA) is 54.5 Å². The number of carbonyl (C=O) groups is 1. The molecule has 0 aromatic heterocycles. The molecule has 19 heavy (non-hydrogen) atoms. The van der Waals surface area contributed by atoms with Crippen LogP contribution in [-0.2, 0) is 10.0 Å². The summed E-state index contributed by atoms with van der Waals surface area (Å²) in [5, 5.41) is 0. The van der Waals surface area contributed by atoms with Crippen molar-refractivity contribution in [3.05, 3.63) is 29.8 Å². The molecule has 1 aliphatic heterocycles. The highest BCUT2D eigenvalue weighted by Crippen LogP contribution is 2.21. The maximum Gasteiger partial charge on any atom is 0.243 e. The van der Waals surface area contributed by atoms with Gasteiger partial charge in [0.15, 0.2) is 5.78 Å². The Labute approximate surface area is 114 Å². The van der Waals surface area contributed by atoms with Crippen molar-refractivity contribution in [2.45, 2.75) is 37.5 Å². The minimum Gasteiger partial charge on any atom is -0.295 e. The molecular formula is C14H19NO3S. The third-order valence-corrected chi connectivity index (χ3v) is 5.34. The van der Waals surface area contributed by atoms with Gasteiger partial charge in [0.25, 0.3) is 0 Å². The van der Waals surface area contributed by atoms with Gasteiger partial charge in [-0.1, -0.05) is 25.0 Å². The fraction of sp³-hybridized carbons (Fsp3) is 0.500. The first-order valence-corrected chi connectivity index (χ1v) is 8.07. The van der Waals surface area contributed by atoms with E-state index in [2.05, 4.69) is 0 Å². The lowest BCUT2D eigenvalue weighted by Gasteiger charge is -2.20. The molecule has 0 spiro atoms. The summed E-state index contributed by atoms with van der Waals surface area (Å²) >= 11 is 0. The second kappa shape index (κ2) is 5.84. The minimum absolute atomic E-state index is 0.118. The monoisotopic (exact) mass is 281 g/mol. The van der Waals surface area contributed by atoms with Gasteiger partial charge in [-0.2, -0.15) is 4.31 Å². The maximum absolute atomic E-state index is 12.5. The molecule has 1 aromatic rings. The molecule has 0 radical (unpaired) electrons. The van der Waals surface area contributed by atoms with Gasteiger partial charge in [0.1, 0.15) is 0 Å². The van der Waals surface area contributed by atoms with Crippen LogP contribution in [0.5, 0.6) is 0 Å². The summed E-state index contributed by atoms with van der Waals surface area (Å²) in [5.41, 5.74) is 0.441. The standard InChI is InChI=1S/C14H19NO3S/c1-12(16)13-7-6-8-14(11-13)19(17,18)15-9-4-2-3-5-10-15/h6-8,11H,2-5,9-10H2,1H3. The average molecular weight is 281 g/mol. The van der Waals surface area contributed by atoms with E-state index in [0.717, 1.165) is 25.7 Å². The Kier molecular flexibility index (Phi) is 4.37. The van der Waals surface area contributed by atoms with E-state index in [1.54, 1.807) is 22.5 Å². The molecule has 0 N–H and O–H groups in total. The number of nitrogens with zero attached hydrogens (tertiary/aromatic N) is 1. The van der Waals surface area contributed by atoms with E-state index in [1.807, 2.05) is 0 Å². The predicted molar refractivity (Wildman–Crippen MR) is 73.7 cm³/mol. The number of hydrogen-bond donors (Lipinski definition) is 0. The van der Waals surface area contributed by atoms with Crippen LogP contribution >= 0.6 is 0 Å². The van der Waals surface area contributed by atoms with Gasteiger partial charge < -0.3 is 0 Å². The summed E-state index contributed by atoms with van der Waals surface area (Å²) in [6.07, 6.45) is 3.98. The highest BCUT2D eigenvalue weighted by Gasteiger charge is 2.25. The zero-order chi connectivity index (χ0) is 13.9. The Morgan fingerprint density at radius 3 is 2.32 bits per heavy atom. The summed E-state index contributed by atoms with van der Waals surface area (Å²) in [6.45, 7) is 2.59. The molecule has 1 aliphatic rings. The van der Waals surface area contributed by atoms with E-state index in [4.69, 9.17) is 0 Å². The van der Waals surface area contributed by atoms with Crippen molar-refractivity contribution in [3.63, 3.8) is 0 Å². The Balaban J connectivity index is 2.32. The van der Waals surface area contributed by atoms with E-state index < -0.39 is 10.0 Å². The Bertz CT molecular complexity index is 558. The molecule has 104 valence electrons. The number of Topliss-reactive ketones (excluding diaryl/α,β-unsaturated/α-hetero) is 1. The van der Waals surface area contributed by atoms with Crippen molar-refractivity contribution in [3.8, 4) is 0 Å². The molecule has 4 nitrogen and oxygen atoms in total. The molecule has 0 saturated carbocycles. The van der Waals surface area contributed by atoms with Crippen LogP contribution in [0.2, 0.25) is 0 Å². The zero-order valence-corrected chi connectivity index (χ0v) is 11.9. The normalized spacial score (nSPS) is 17.9. The van der Waals surface area contributed by atoms with Crippen molar-refractivity contribution < 1.29 is 13.2 Å². The van der Waals surface area contributed by atoms with Crippen molar-refractivity contribution in [1.82, 2.24) is 4.31 Å². The van der Waals surface area contributed by atoms with Crippen LogP contribution in [0.3, 0.4) is 0 Å². The minimum atomic E-state index is -3.46. The Morgan fingerprint density at radius 2 is 1.74 bits per heavy atom. The van der Waals surface area contributed by atoms with E-state index in [9.17, 15) is 13.2 Å². The molecule has 0 amide bonds. The summed E-state index contributed by atoms with van der Waals surface area (Å²) in [5.74, 6) is -0.118. The van der Waals surface area contributed by atoms with Crippen LogP contribution in [0.25, 0.3) is 0 Å². The zero-order valence-electron chi connectivity index (χ0n) is 11.1. The van der Waals surface area contributed by atoms with Crippen LogP contribution in [0.4, 0.5) is 0 Å². The second-order valence-electron chi connectivity index (χ2n) is 4.90. The third-order valence-electron chi connectivity index (χ3n) is 3.44. The second-order valence-corrected chi connectivity index (χ2v) is 6.84. The van der Waals surface area contributed by atoms with Crippen molar-refractivity contribution >= 4 is 15.8 Å². The van der Waals surface area contributed by atoms with E-state index in [-0.39, 0.29) is 10.7 Å². The SMILES string of the molecule is CC(=O)c1cccc(S(=O)(=O)N2CCCCCC2)c1. The summed E-state index contributed by atoms with van der Waals surface area (Å²) in [7, 11) is -3.46. The fourth-order valence-corrected chi connectivity index (χ4v) is 3.87. The molecule has 1 heterocycles. The number of carbonyl (C=O) groups excluding carboxylic acids is 1. The van der Waals surface area contributed by atoms with Gasteiger partial charge >= 0.3 is 0 Å². The molecule has 0 bridgehead atoms. The number of sulfonamides is 1. The van der Waals surface area contributed by atoms with Crippen LogP contribution in [-0.4, -0.2) is 31.6 Å². The fourth-order valence-electron chi connectivity index (χ4n) is 2.31. The average Bonchev–Trinajstić information content (AvgIpc) is 2.68. The lowest BCUT2D eigenvalue weighted by atomic mass is 10.2. The number of benzene rings is 1. The molecule has 0 atom stereocenters. The molecule has 1 aromatic carbocycles. The Morgan fingerprint density at radius 1 is 1.11 bits per heavy atom. The van der Waals surface area contributed by atoms with Gasteiger partial charge in [-0.25, -0.2) is 8.42 Å². The maximum atomic E-state index is 12.5. The number of rotatable bonds is 3. The van der Waals surface area contributed by atoms with Gasteiger partial charge in [0.05, 0.1) is 4.90 Å². The van der Waals surface area contributed by atoms with Crippen LogP contribution in [0.1, 0.15) is 43.0 Å². The van der Waals surface area contributed by atoms with Gasteiger partial charge in [0.2, 0.25) is 10.0 Å². The smallest absolute Gasteiger partial charge is 0.243 e. The largest absolute Gasteiger partial charge is 0.295 e. The molecule has 5 heteroatoms. The molecule has 1 saturated heterocycles. The molecular weight excluding hydrogens is 262 g/mol. The van der Waals surface area contributed by atoms with Crippen LogP contribution in [0, 0.1) is 0 Å². The first-order valence-electron chi connectivity index (χ1n) is 6.63. The molecule has 1 fully saturated rings. The van der Waals surface area contributed by atoms with E-state index in [0.29, 0.717) is 18.7 Å². The summed E-state index contributed by atoms with van der Waals surface area (Å²) in [6, 6.07) is 6.31. The quantitative estimate of drug-likeness (QED) is 0.800. The third kappa shape index (κ3) is 3.22. The number of hydrogen-bond acceptors (Lipinski definition) is 3. The van der Waals surface area contributed by atoms with Crippen molar-refractivity contribution in [2.24, 2.45) is 0 Å².